The quantitative estimate of drug-likeness (QED) is 0.360. The molecule has 23 heavy (non-hydrogen) atoms. The number of nitrogens with zero attached hydrogens (tertiary/aromatic N) is 4. The highest BCUT2D eigenvalue weighted by molar-refractivity contribution is 6.60. The first-order chi connectivity index (χ1) is 11.3. The van der Waals surface area contributed by atoms with Crippen molar-refractivity contribution >= 4 is 8.80 Å². The van der Waals surface area contributed by atoms with E-state index >= 15 is 0 Å². The number of unbranched alkanes of at least 4 members (excludes halogenated alkanes) is 5. The third-order valence-electron chi connectivity index (χ3n) is 3.58. The molecule has 0 radical (unpaired) electrons. The molecule has 134 valence electrons. The Hall–Kier alpha value is -0.833. The summed E-state index contributed by atoms with van der Waals surface area (Å²) in [5.74, 6) is 0. The Bertz CT molecular complexity index is 362. The molecule has 1 aromatic heterocycles. The fourth-order valence-electron chi connectivity index (χ4n) is 2.59. The molecule has 0 saturated heterocycles. The van der Waals surface area contributed by atoms with Crippen LogP contribution in [0.25, 0.3) is 0 Å². The van der Waals surface area contributed by atoms with Crippen LogP contribution in [-0.4, -0.2) is 48.8 Å². The van der Waals surface area contributed by atoms with Crippen molar-refractivity contribution in [2.45, 2.75) is 71.9 Å². The van der Waals surface area contributed by atoms with Gasteiger partial charge in [-0.05, 0) is 38.8 Å². The van der Waals surface area contributed by atoms with Crippen molar-refractivity contribution in [3.05, 3.63) is 6.33 Å². The van der Waals surface area contributed by atoms with Gasteiger partial charge in [0.1, 0.15) is 0 Å². The lowest BCUT2D eigenvalue weighted by atomic mass is 10.1. The van der Waals surface area contributed by atoms with Gasteiger partial charge in [0.25, 0.3) is 0 Å². The standard InChI is InChI=1S/C15H32N4O3Si/c1-4-20-23(21-5-2,22-6-3)14-12-10-8-7-9-11-13-19-17-15-16-18-19/h15H,4-14H2,1-3H3. The van der Waals surface area contributed by atoms with Gasteiger partial charge in [0, 0.05) is 25.9 Å². The minimum Gasteiger partial charge on any atom is -0.374 e. The average molecular weight is 345 g/mol. The Balaban J connectivity index is 2.10. The lowest BCUT2D eigenvalue weighted by Gasteiger charge is -2.28. The van der Waals surface area contributed by atoms with E-state index in [4.69, 9.17) is 13.3 Å². The molecule has 0 aliphatic heterocycles. The van der Waals surface area contributed by atoms with Gasteiger partial charge in [0.15, 0.2) is 6.33 Å². The van der Waals surface area contributed by atoms with Crippen LogP contribution >= 0.6 is 0 Å². The van der Waals surface area contributed by atoms with Crippen molar-refractivity contribution in [2.75, 3.05) is 19.8 Å². The molecule has 1 aromatic rings. The maximum Gasteiger partial charge on any atom is 0.500 e. The molecular formula is C15H32N4O3Si. The van der Waals surface area contributed by atoms with E-state index in [9.17, 15) is 0 Å². The molecule has 0 spiro atoms. The fourth-order valence-corrected chi connectivity index (χ4v) is 5.28. The van der Waals surface area contributed by atoms with Crippen LogP contribution in [0.5, 0.6) is 0 Å². The van der Waals surface area contributed by atoms with Crippen LogP contribution in [0.1, 0.15) is 59.3 Å². The summed E-state index contributed by atoms with van der Waals surface area (Å²) in [4.78, 5) is 1.65. The van der Waals surface area contributed by atoms with E-state index in [2.05, 4.69) is 15.4 Å². The van der Waals surface area contributed by atoms with Gasteiger partial charge in [-0.25, -0.2) is 0 Å². The summed E-state index contributed by atoms with van der Waals surface area (Å²) in [5.41, 5.74) is 0. The van der Waals surface area contributed by atoms with Gasteiger partial charge in [-0.2, -0.15) is 4.80 Å². The van der Waals surface area contributed by atoms with Gasteiger partial charge < -0.3 is 13.3 Å². The second kappa shape index (κ2) is 12.6. The van der Waals surface area contributed by atoms with E-state index in [-0.39, 0.29) is 0 Å². The molecule has 0 aliphatic rings. The van der Waals surface area contributed by atoms with E-state index < -0.39 is 8.80 Å². The summed E-state index contributed by atoms with van der Waals surface area (Å²) in [6, 6.07) is 0.922. The van der Waals surface area contributed by atoms with Crippen LogP contribution in [0.3, 0.4) is 0 Å². The Morgan fingerprint density at radius 3 is 1.91 bits per heavy atom. The number of hydrogen-bond donors (Lipinski definition) is 0. The molecule has 0 saturated carbocycles. The first kappa shape index (κ1) is 20.2. The van der Waals surface area contributed by atoms with Crippen LogP contribution in [0.15, 0.2) is 6.33 Å². The Kier molecular flexibility index (Phi) is 11.0. The molecule has 0 bridgehead atoms. The van der Waals surface area contributed by atoms with Crippen LogP contribution in [0.2, 0.25) is 6.04 Å². The zero-order chi connectivity index (χ0) is 16.8. The van der Waals surface area contributed by atoms with Gasteiger partial charge in [-0.15, -0.1) is 10.2 Å². The van der Waals surface area contributed by atoms with E-state index in [1.165, 1.54) is 32.0 Å². The minimum atomic E-state index is -2.43. The van der Waals surface area contributed by atoms with Crippen LogP contribution < -0.4 is 0 Å². The number of hydrogen-bond acceptors (Lipinski definition) is 6. The van der Waals surface area contributed by atoms with Gasteiger partial charge in [-0.1, -0.05) is 25.7 Å². The maximum atomic E-state index is 5.87. The zero-order valence-corrected chi connectivity index (χ0v) is 15.9. The summed E-state index contributed by atoms with van der Waals surface area (Å²) in [6.07, 6.45) is 8.56. The van der Waals surface area contributed by atoms with Gasteiger partial charge >= 0.3 is 8.80 Å². The third kappa shape index (κ3) is 8.54. The molecule has 8 heteroatoms. The smallest absolute Gasteiger partial charge is 0.374 e. The molecule has 1 rings (SSSR count). The molecule has 0 atom stereocenters. The van der Waals surface area contributed by atoms with Crippen molar-refractivity contribution in [1.29, 1.82) is 0 Å². The topological polar surface area (TPSA) is 71.3 Å². The summed E-state index contributed by atoms with van der Waals surface area (Å²) in [7, 11) is -2.43. The predicted octanol–water partition coefficient (Wildman–Crippen LogP) is 3.06. The third-order valence-corrected chi connectivity index (χ3v) is 6.73. The van der Waals surface area contributed by atoms with Gasteiger partial charge in [0.2, 0.25) is 0 Å². The summed E-state index contributed by atoms with van der Waals surface area (Å²) < 4.78 is 17.6. The average Bonchev–Trinajstić information content (AvgIpc) is 3.04. The monoisotopic (exact) mass is 344 g/mol. The van der Waals surface area contributed by atoms with E-state index in [0.29, 0.717) is 19.8 Å². The molecule has 0 unspecified atom stereocenters. The summed E-state index contributed by atoms with van der Waals surface area (Å²) >= 11 is 0. The van der Waals surface area contributed by atoms with Crippen molar-refractivity contribution in [2.24, 2.45) is 0 Å². The largest absolute Gasteiger partial charge is 0.500 e. The second-order valence-electron chi connectivity index (χ2n) is 5.39. The molecule has 0 fully saturated rings. The Labute approximate surface area is 141 Å². The molecular weight excluding hydrogens is 312 g/mol. The predicted molar refractivity (Wildman–Crippen MR) is 91.0 cm³/mol. The van der Waals surface area contributed by atoms with Gasteiger partial charge in [0.05, 0.1) is 6.54 Å². The highest BCUT2D eigenvalue weighted by Crippen LogP contribution is 2.20. The number of aryl methyl sites for hydroxylation is 1. The van der Waals surface area contributed by atoms with E-state index in [1.807, 2.05) is 20.8 Å². The fraction of sp³-hybridized carbons (Fsp3) is 0.933. The van der Waals surface area contributed by atoms with Crippen LogP contribution in [-0.2, 0) is 19.8 Å². The summed E-state index contributed by atoms with van der Waals surface area (Å²) in [5, 5.41) is 11.6. The highest BCUT2D eigenvalue weighted by Gasteiger charge is 2.39. The van der Waals surface area contributed by atoms with E-state index in [0.717, 1.165) is 25.4 Å². The SMILES string of the molecule is CCO[Si](CCCCCCCCn1ncnn1)(OCC)OCC. The molecule has 0 aromatic carbocycles. The Morgan fingerprint density at radius 2 is 1.39 bits per heavy atom. The van der Waals surface area contributed by atoms with E-state index in [1.54, 1.807) is 4.80 Å². The highest BCUT2D eigenvalue weighted by atomic mass is 28.4. The number of aromatic nitrogens is 4. The molecule has 0 aliphatic carbocycles. The van der Waals surface area contributed by atoms with Crippen molar-refractivity contribution < 1.29 is 13.3 Å². The molecule has 1 heterocycles. The van der Waals surface area contributed by atoms with Crippen molar-refractivity contribution in [1.82, 2.24) is 20.2 Å². The maximum absolute atomic E-state index is 5.87. The zero-order valence-electron chi connectivity index (χ0n) is 14.9. The van der Waals surface area contributed by atoms with Gasteiger partial charge in [-0.3, -0.25) is 0 Å². The molecule has 0 amide bonds. The molecule has 0 N–H and O–H groups in total. The minimum absolute atomic E-state index is 0.655. The lowest BCUT2D eigenvalue weighted by molar-refractivity contribution is 0.0706. The number of rotatable bonds is 15. The summed E-state index contributed by atoms with van der Waals surface area (Å²) in [6.45, 7) is 8.83. The first-order valence-corrected chi connectivity index (χ1v) is 10.8. The van der Waals surface area contributed by atoms with Crippen LogP contribution in [0, 0.1) is 0 Å². The normalized spacial score (nSPS) is 12.0. The lowest BCUT2D eigenvalue weighted by Crippen LogP contribution is -2.45. The first-order valence-electron chi connectivity index (χ1n) is 8.89. The van der Waals surface area contributed by atoms with Crippen molar-refractivity contribution in [3.63, 3.8) is 0 Å². The molecule has 7 nitrogen and oxygen atoms in total. The Morgan fingerprint density at radius 1 is 0.826 bits per heavy atom. The van der Waals surface area contributed by atoms with Crippen molar-refractivity contribution in [3.8, 4) is 0 Å². The number of tetrazole rings is 1. The van der Waals surface area contributed by atoms with Crippen LogP contribution in [0.4, 0.5) is 0 Å². The second-order valence-corrected chi connectivity index (χ2v) is 8.12.